The van der Waals surface area contributed by atoms with Gasteiger partial charge in [-0.15, -0.1) is 0 Å². The standard InChI is InChI=1S/C17H24ClFN2/c1-13-10-20-17(7-3-2-4-8-17)12-21(13)11-14-5-6-16(19)15(18)9-14/h5-6,9,13,20H,2-4,7-8,10-12H2,1H3. The van der Waals surface area contributed by atoms with E-state index in [1.54, 1.807) is 6.07 Å². The Kier molecular flexibility index (Phi) is 4.53. The number of rotatable bonds is 2. The summed E-state index contributed by atoms with van der Waals surface area (Å²) in [6, 6.07) is 5.59. The van der Waals surface area contributed by atoms with Gasteiger partial charge in [-0.25, -0.2) is 4.39 Å². The van der Waals surface area contributed by atoms with Gasteiger partial charge in [-0.05, 0) is 37.5 Å². The first-order valence-electron chi connectivity index (χ1n) is 8.01. The van der Waals surface area contributed by atoms with E-state index in [2.05, 4.69) is 17.1 Å². The van der Waals surface area contributed by atoms with E-state index in [-0.39, 0.29) is 10.8 Å². The zero-order valence-electron chi connectivity index (χ0n) is 12.7. The first-order chi connectivity index (χ1) is 10.1. The Morgan fingerprint density at radius 1 is 1.33 bits per heavy atom. The lowest BCUT2D eigenvalue weighted by Crippen LogP contribution is -2.63. The molecular formula is C17H24ClFN2. The third-order valence-corrected chi connectivity index (χ3v) is 5.37. The highest BCUT2D eigenvalue weighted by molar-refractivity contribution is 6.30. The molecule has 1 N–H and O–H groups in total. The summed E-state index contributed by atoms with van der Waals surface area (Å²) in [6.07, 6.45) is 6.59. The lowest BCUT2D eigenvalue weighted by Gasteiger charge is -2.49. The Balaban J connectivity index is 1.71. The molecule has 1 saturated carbocycles. The van der Waals surface area contributed by atoms with Gasteiger partial charge in [0.05, 0.1) is 5.02 Å². The fourth-order valence-corrected chi connectivity index (χ4v) is 3.94. The lowest BCUT2D eigenvalue weighted by molar-refractivity contribution is 0.0573. The number of nitrogens with one attached hydrogen (secondary N) is 1. The molecule has 1 aliphatic heterocycles. The molecule has 21 heavy (non-hydrogen) atoms. The predicted molar refractivity (Wildman–Crippen MR) is 85.1 cm³/mol. The first kappa shape index (κ1) is 15.3. The minimum Gasteiger partial charge on any atom is -0.308 e. The third kappa shape index (κ3) is 3.41. The van der Waals surface area contributed by atoms with E-state index in [4.69, 9.17) is 11.6 Å². The van der Waals surface area contributed by atoms with Crippen molar-refractivity contribution in [3.63, 3.8) is 0 Å². The summed E-state index contributed by atoms with van der Waals surface area (Å²) >= 11 is 5.90. The van der Waals surface area contributed by atoms with Crippen molar-refractivity contribution in [2.24, 2.45) is 0 Å². The minimum absolute atomic E-state index is 0.225. The molecule has 0 bridgehead atoms. The Labute approximate surface area is 131 Å². The number of nitrogens with zero attached hydrogens (tertiary/aromatic N) is 1. The molecule has 3 rings (SSSR count). The summed E-state index contributed by atoms with van der Waals surface area (Å²) in [7, 11) is 0. The van der Waals surface area contributed by atoms with Crippen LogP contribution >= 0.6 is 11.6 Å². The highest BCUT2D eigenvalue weighted by Crippen LogP contribution is 2.32. The average molecular weight is 311 g/mol. The molecule has 1 atom stereocenters. The van der Waals surface area contributed by atoms with Crippen LogP contribution in [0, 0.1) is 5.82 Å². The van der Waals surface area contributed by atoms with Crippen LogP contribution in [0.1, 0.15) is 44.6 Å². The van der Waals surface area contributed by atoms with E-state index in [9.17, 15) is 4.39 Å². The SMILES string of the molecule is CC1CNC2(CCCCC2)CN1Cc1ccc(F)c(Cl)c1. The minimum atomic E-state index is -0.336. The molecule has 1 heterocycles. The van der Waals surface area contributed by atoms with E-state index in [0.717, 1.165) is 25.2 Å². The smallest absolute Gasteiger partial charge is 0.141 e. The zero-order valence-corrected chi connectivity index (χ0v) is 13.4. The van der Waals surface area contributed by atoms with Gasteiger partial charge in [0.25, 0.3) is 0 Å². The summed E-state index contributed by atoms with van der Waals surface area (Å²) in [5, 5.41) is 4.02. The van der Waals surface area contributed by atoms with E-state index in [1.807, 2.05) is 6.07 Å². The molecule has 1 unspecified atom stereocenters. The zero-order chi connectivity index (χ0) is 14.9. The molecule has 1 saturated heterocycles. The van der Waals surface area contributed by atoms with Gasteiger partial charge in [0, 0.05) is 31.2 Å². The van der Waals surface area contributed by atoms with E-state index >= 15 is 0 Å². The van der Waals surface area contributed by atoms with Crippen LogP contribution in [0.2, 0.25) is 5.02 Å². The molecule has 0 aromatic heterocycles. The van der Waals surface area contributed by atoms with Gasteiger partial charge in [-0.2, -0.15) is 0 Å². The Hall–Kier alpha value is -0.640. The van der Waals surface area contributed by atoms with Crippen molar-refractivity contribution in [2.75, 3.05) is 13.1 Å². The summed E-state index contributed by atoms with van der Waals surface area (Å²) in [6.45, 7) is 5.23. The van der Waals surface area contributed by atoms with Gasteiger partial charge in [0.2, 0.25) is 0 Å². The predicted octanol–water partition coefficient (Wildman–Crippen LogP) is 3.98. The molecule has 1 aromatic carbocycles. The summed E-state index contributed by atoms with van der Waals surface area (Å²) < 4.78 is 13.3. The van der Waals surface area contributed by atoms with Crippen LogP contribution in [0.25, 0.3) is 0 Å². The maximum absolute atomic E-state index is 13.3. The van der Waals surface area contributed by atoms with Crippen LogP contribution in [0.5, 0.6) is 0 Å². The second-order valence-corrected chi connectivity index (χ2v) is 7.13. The summed E-state index contributed by atoms with van der Waals surface area (Å²) in [5.41, 5.74) is 1.40. The van der Waals surface area contributed by atoms with Gasteiger partial charge in [-0.3, -0.25) is 4.90 Å². The highest BCUT2D eigenvalue weighted by atomic mass is 35.5. The van der Waals surface area contributed by atoms with E-state index in [1.165, 1.54) is 38.2 Å². The molecule has 2 aliphatic rings. The number of halogens is 2. The number of piperazine rings is 1. The summed E-state index contributed by atoms with van der Waals surface area (Å²) in [5.74, 6) is -0.336. The first-order valence-corrected chi connectivity index (χ1v) is 8.39. The van der Waals surface area contributed by atoms with Crippen molar-refractivity contribution >= 4 is 11.6 Å². The largest absolute Gasteiger partial charge is 0.308 e. The fourth-order valence-electron chi connectivity index (χ4n) is 3.74. The Morgan fingerprint density at radius 3 is 2.81 bits per heavy atom. The van der Waals surface area contributed by atoms with Crippen molar-refractivity contribution in [1.29, 1.82) is 0 Å². The van der Waals surface area contributed by atoms with E-state index < -0.39 is 0 Å². The van der Waals surface area contributed by atoms with Gasteiger partial charge < -0.3 is 5.32 Å². The van der Waals surface area contributed by atoms with Crippen LogP contribution in [0.4, 0.5) is 4.39 Å². The highest BCUT2D eigenvalue weighted by Gasteiger charge is 2.38. The van der Waals surface area contributed by atoms with Crippen molar-refractivity contribution in [2.45, 2.75) is 57.2 Å². The van der Waals surface area contributed by atoms with E-state index in [0.29, 0.717) is 11.6 Å². The topological polar surface area (TPSA) is 15.3 Å². The van der Waals surface area contributed by atoms with Crippen molar-refractivity contribution in [3.05, 3.63) is 34.6 Å². The van der Waals surface area contributed by atoms with Gasteiger partial charge in [0.1, 0.15) is 5.82 Å². The fraction of sp³-hybridized carbons (Fsp3) is 0.647. The van der Waals surface area contributed by atoms with Crippen LogP contribution in [-0.2, 0) is 6.54 Å². The molecule has 0 amide bonds. The third-order valence-electron chi connectivity index (χ3n) is 5.08. The second kappa shape index (κ2) is 6.23. The van der Waals surface area contributed by atoms with Crippen LogP contribution in [0.15, 0.2) is 18.2 Å². The Morgan fingerprint density at radius 2 is 2.10 bits per heavy atom. The van der Waals surface area contributed by atoms with Crippen molar-refractivity contribution in [3.8, 4) is 0 Å². The van der Waals surface area contributed by atoms with Gasteiger partial charge >= 0.3 is 0 Å². The molecule has 1 aliphatic carbocycles. The molecule has 2 nitrogen and oxygen atoms in total. The van der Waals surface area contributed by atoms with Gasteiger partial charge in [-0.1, -0.05) is 36.9 Å². The van der Waals surface area contributed by atoms with Crippen molar-refractivity contribution in [1.82, 2.24) is 10.2 Å². The average Bonchev–Trinajstić information content (AvgIpc) is 2.48. The molecule has 1 aromatic rings. The molecule has 4 heteroatoms. The number of benzene rings is 1. The maximum atomic E-state index is 13.3. The normalized spacial score (nSPS) is 26.1. The second-order valence-electron chi connectivity index (χ2n) is 6.72. The Bertz CT molecular complexity index is 500. The number of hydrogen-bond donors (Lipinski definition) is 1. The molecule has 116 valence electrons. The molecule has 1 spiro atoms. The molecular weight excluding hydrogens is 287 g/mol. The van der Waals surface area contributed by atoms with Crippen LogP contribution < -0.4 is 5.32 Å². The van der Waals surface area contributed by atoms with Crippen LogP contribution in [0.3, 0.4) is 0 Å². The quantitative estimate of drug-likeness (QED) is 0.889. The maximum Gasteiger partial charge on any atom is 0.141 e. The molecule has 2 fully saturated rings. The lowest BCUT2D eigenvalue weighted by atomic mass is 9.79. The van der Waals surface area contributed by atoms with Crippen molar-refractivity contribution < 1.29 is 4.39 Å². The monoisotopic (exact) mass is 310 g/mol. The summed E-state index contributed by atoms with van der Waals surface area (Å²) in [4.78, 5) is 2.52. The molecule has 0 radical (unpaired) electrons. The number of hydrogen-bond acceptors (Lipinski definition) is 2. The van der Waals surface area contributed by atoms with Gasteiger partial charge in [0.15, 0.2) is 0 Å². The van der Waals surface area contributed by atoms with Crippen LogP contribution in [-0.4, -0.2) is 29.6 Å².